The second kappa shape index (κ2) is 7.62. The maximum atomic E-state index is 13.6. The van der Waals surface area contributed by atoms with Crippen LogP contribution < -0.4 is 0 Å². The maximum absolute atomic E-state index is 13.6. The second-order valence-corrected chi connectivity index (χ2v) is 9.59. The van der Waals surface area contributed by atoms with Crippen molar-refractivity contribution in [3.63, 3.8) is 0 Å². The molecule has 1 saturated heterocycles. The summed E-state index contributed by atoms with van der Waals surface area (Å²) in [5, 5.41) is 8.71. The lowest BCUT2D eigenvalue weighted by Crippen LogP contribution is -2.38. The van der Waals surface area contributed by atoms with Crippen LogP contribution in [0, 0.1) is 18.3 Å². The van der Waals surface area contributed by atoms with Gasteiger partial charge in [-0.3, -0.25) is 4.79 Å². The Morgan fingerprint density at radius 1 is 1.32 bits per heavy atom. The van der Waals surface area contributed by atoms with Gasteiger partial charge in [-0.15, -0.1) is 10.2 Å². The van der Waals surface area contributed by atoms with Crippen molar-refractivity contribution in [2.75, 3.05) is 13.1 Å². The average molecular weight is 420 g/mol. The van der Waals surface area contributed by atoms with Gasteiger partial charge >= 0.3 is 0 Å². The van der Waals surface area contributed by atoms with Crippen molar-refractivity contribution < 1.29 is 9.21 Å². The van der Waals surface area contributed by atoms with Gasteiger partial charge in [-0.2, -0.15) is 0 Å². The number of carbonyl (C=O) groups is 1. The summed E-state index contributed by atoms with van der Waals surface area (Å²) in [5.41, 5.74) is 2.49. The van der Waals surface area contributed by atoms with E-state index < -0.39 is 0 Å². The highest BCUT2D eigenvalue weighted by molar-refractivity contribution is 5.98. The molecule has 0 bridgehead atoms. The number of hydrogen-bond acceptors (Lipinski definition) is 5. The van der Waals surface area contributed by atoms with Gasteiger partial charge in [0, 0.05) is 31.1 Å². The van der Waals surface area contributed by atoms with E-state index in [1.807, 2.05) is 42.4 Å². The lowest BCUT2D eigenvalue weighted by atomic mass is 9.62. The third-order valence-electron chi connectivity index (χ3n) is 6.85. The Kier molecular flexibility index (Phi) is 4.91. The summed E-state index contributed by atoms with van der Waals surface area (Å²) in [6, 6.07) is 7.98. The predicted octanol–water partition coefficient (Wildman–Crippen LogP) is 4.31. The largest absolute Gasteiger partial charge is 0.443 e. The first-order valence-corrected chi connectivity index (χ1v) is 11.1. The third-order valence-corrected chi connectivity index (χ3v) is 6.85. The molecule has 0 radical (unpaired) electrons. The van der Waals surface area contributed by atoms with Crippen molar-refractivity contribution in [1.29, 1.82) is 0 Å². The van der Waals surface area contributed by atoms with Gasteiger partial charge < -0.3 is 13.9 Å². The Labute approximate surface area is 182 Å². The Morgan fingerprint density at radius 2 is 2.16 bits per heavy atom. The van der Waals surface area contributed by atoms with Gasteiger partial charge in [-0.1, -0.05) is 44.0 Å². The molecule has 2 fully saturated rings. The normalized spacial score (nSPS) is 19.9. The van der Waals surface area contributed by atoms with Crippen molar-refractivity contribution >= 4 is 5.91 Å². The first kappa shape index (κ1) is 20.0. The lowest BCUT2D eigenvalue weighted by Gasteiger charge is -2.42. The highest BCUT2D eigenvalue weighted by Gasteiger charge is 2.54. The number of oxazole rings is 1. The van der Waals surface area contributed by atoms with Crippen LogP contribution in [0.1, 0.15) is 60.9 Å². The van der Waals surface area contributed by atoms with E-state index in [2.05, 4.69) is 33.6 Å². The molecule has 2 aromatic heterocycles. The van der Waals surface area contributed by atoms with Crippen LogP contribution in [0.4, 0.5) is 0 Å². The summed E-state index contributed by atoms with van der Waals surface area (Å²) in [6.45, 7) is 8.71. The molecule has 1 amide bonds. The number of aromatic nitrogens is 4. The molecular weight excluding hydrogens is 390 g/mol. The first-order valence-electron chi connectivity index (χ1n) is 11.1. The molecule has 3 aromatic rings. The van der Waals surface area contributed by atoms with Crippen molar-refractivity contribution in [3.05, 3.63) is 54.1 Å². The van der Waals surface area contributed by atoms with E-state index in [-0.39, 0.29) is 17.2 Å². The number of hydrogen-bond donors (Lipinski definition) is 0. The Hall–Kier alpha value is -2.96. The minimum atomic E-state index is -0.0612. The van der Waals surface area contributed by atoms with Gasteiger partial charge in [0.25, 0.3) is 5.91 Å². The number of likely N-dealkylation sites (tertiary alicyclic amines) is 1. The van der Waals surface area contributed by atoms with Gasteiger partial charge in [0.1, 0.15) is 12.2 Å². The summed E-state index contributed by atoms with van der Waals surface area (Å²) in [6.07, 6.45) is 6.66. The molecule has 1 aromatic carbocycles. The SMILES string of the molecule is Cc1cccc(-c2ocnc2C(=O)N2CC(c3nncn3CC(C)C)C3(CCC3)C2)c1. The van der Waals surface area contributed by atoms with Gasteiger partial charge in [0.15, 0.2) is 17.8 Å². The van der Waals surface area contributed by atoms with Crippen LogP contribution in [0.25, 0.3) is 11.3 Å². The number of carbonyl (C=O) groups excluding carboxylic acids is 1. The smallest absolute Gasteiger partial charge is 0.276 e. The fourth-order valence-electron chi connectivity index (χ4n) is 5.22. The van der Waals surface area contributed by atoms with Gasteiger partial charge in [0.05, 0.1) is 0 Å². The van der Waals surface area contributed by atoms with Crippen molar-refractivity contribution in [1.82, 2.24) is 24.6 Å². The van der Waals surface area contributed by atoms with E-state index in [1.165, 1.54) is 12.8 Å². The topological polar surface area (TPSA) is 77.1 Å². The molecular formula is C24H29N5O2. The molecule has 1 saturated carbocycles. The van der Waals surface area contributed by atoms with Crippen LogP contribution >= 0.6 is 0 Å². The Bertz CT molecular complexity index is 1090. The molecule has 31 heavy (non-hydrogen) atoms. The van der Waals surface area contributed by atoms with Gasteiger partial charge in [-0.05, 0) is 37.2 Å². The summed E-state index contributed by atoms with van der Waals surface area (Å²) >= 11 is 0. The standard InChI is InChI=1S/C24H29N5O2/c1-16(2)11-29-14-26-27-22(29)19-12-28(13-24(19)8-5-9-24)23(30)20-21(31-15-25-20)18-7-4-6-17(3)10-18/h4,6-7,10,14-16,19H,5,8-9,11-13H2,1-3H3. The van der Waals surface area contributed by atoms with Crippen LogP contribution in [0.3, 0.4) is 0 Å². The molecule has 1 atom stereocenters. The molecule has 7 nitrogen and oxygen atoms in total. The zero-order valence-corrected chi connectivity index (χ0v) is 18.4. The lowest BCUT2D eigenvalue weighted by molar-refractivity contribution is 0.0718. The highest BCUT2D eigenvalue weighted by atomic mass is 16.3. The van der Waals surface area contributed by atoms with Crippen molar-refractivity contribution in [3.8, 4) is 11.3 Å². The molecule has 1 unspecified atom stereocenters. The quantitative estimate of drug-likeness (QED) is 0.616. The maximum Gasteiger partial charge on any atom is 0.276 e. The Balaban J connectivity index is 1.44. The number of benzene rings is 1. The molecule has 1 aliphatic carbocycles. The molecule has 1 spiro atoms. The van der Waals surface area contributed by atoms with E-state index >= 15 is 0 Å². The fraction of sp³-hybridized carbons (Fsp3) is 0.500. The molecule has 1 aliphatic heterocycles. The van der Waals surface area contributed by atoms with E-state index in [0.717, 1.165) is 42.9 Å². The molecule has 7 heteroatoms. The molecule has 0 N–H and O–H groups in total. The second-order valence-electron chi connectivity index (χ2n) is 9.59. The third kappa shape index (κ3) is 3.46. The van der Waals surface area contributed by atoms with E-state index in [4.69, 9.17) is 4.42 Å². The average Bonchev–Trinajstić information content (AvgIpc) is 3.44. The first-order chi connectivity index (χ1) is 15.0. The summed E-state index contributed by atoms with van der Waals surface area (Å²) in [4.78, 5) is 19.8. The fourth-order valence-corrected chi connectivity index (χ4v) is 5.22. The molecule has 2 aliphatic rings. The molecule has 5 rings (SSSR count). The van der Waals surface area contributed by atoms with E-state index in [0.29, 0.717) is 23.9 Å². The Morgan fingerprint density at radius 3 is 2.87 bits per heavy atom. The van der Waals surface area contributed by atoms with Crippen molar-refractivity contribution in [2.45, 2.75) is 52.5 Å². The predicted molar refractivity (Wildman–Crippen MR) is 116 cm³/mol. The highest BCUT2D eigenvalue weighted by Crippen LogP contribution is 2.55. The van der Waals surface area contributed by atoms with E-state index in [1.54, 1.807) is 0 Å². The zero-order chi connectivity index (χ0) is 21.6. The van der Waals surface area contributed by atoms with Crippen LogP contribution in [0.5, 0.6) is 0 Å². The molecule has 3 heterocycles. The van der Waals surface area contributed by atoms with Gasteiger partial charge in [-0.25, -0.2) is 4.98 Å². The number of nitrogens with zero attached hydrogens (tertiary/aromatic N) is 5. The zero-order valence-electron chi connectivity index (χ0n) is 18.4. The molecule has 162 valence electrons. The van der Waals surface area contributed by atoms with Crippen LogP contribution in [-0.2, 0) is 6.54 Å². The van der Waals surface area contributed by atoms with Crippen LogP contribution in [0.2, 0.25) is 0 Å². The van der Waals surface area contributed by atoms with Crippen LogP contribution in [0.15, 0.2) is 41.4 Å². The minimum Gasteiger partial charge on any atom is -0.443 e. The number of amides is 1. The van der Waals surface area contributed by atoms with E-state index in [9.17, 15) is 4.79 Å². The number of aryl methyl sites for hydroxylation is 1. The van der Waals surface area contributed by atoms with Gasteiger partial charge in [0.2, 0.25) is 0 Å². The van der Waals surface area contributed by atoms with Crippen molar-refractivity contribution in [2.24, 2.45) is 11.3 Å². The summed E-state index contributed by atoms with van der Waals surface area (Å²) in [5.74, 6) is 2.22. The van der Waals surface area contributed by atoms with Crippen LogP contribution in [-0.4, -0.2) is 43.6 Å². The monoisotopic (exact) mass is 419 g/mol. The number of rotatable bonds is 5. The summed E-state index contributed by atoms with van der Waals surface area (Å²) < 4.78 is 7.83. The summed E-state index contributed by atoms with van der Waals surface area (Å²) in [7, 11) is 0. The minimum absolute atomic E-state index is 0.0612.